The highest BCUT2D eigenvalue weighted by Crippen LogP contribution is 2.10. The molecule has 1 aromatic carbocycles. The Morgan fingerprint density at radius 2 is 1.86 bits per heavy atom. The first-order chi connectivity index (χ1) is 6.68. The molecule has 0 fully saturated rings. The van der Waals surface area contributed by atoms with E-state index in [2.05, 4.69) is 50.0 Å². The normalized spacial score (nSPS) is 9.57. The van der Waals surface area contributed by atoms with E-state index in [4.69, 9.17) is 0 Å². The van der Waals surface area contributed by atoms with E-state index in [0.717, 1.165) is 13.0 Å². The number of hydrogen-bond acceptors (Lipinski definition) is 1. The highest BCUT2D eigenvalue weighted by Gasteiger charge is 1.94. The third-order valence-electron chi connectivity index (χ3n) is 1.74. The van der Waals surface area contributed by atoms with Gasteiger partial charge in [0.1, 0.15) is 0 Å². The van der Waals surface area contributed by atoms with Crippen LogP contribution in [0, 0.1) is 6.92 Å². The lowest BCUT2D eigenvalue weighted by atomic mass is 10.1. The maximum absolute atomic E-state index is 2.64. The summed E-state index contributed by atoms with van der Waals surface area (Å²) in [5.74, 6) is 0. The topological polar surface area (TPSA) is 3.24 Å². The van der Waals surface area contributed by atoms with E-state index in [1.807, 2.05) is 18.3 Å². The summed E-state index contributed by atoms with van der Waals surface area (Å²) in [7, 11) is 5.27. The zero-order chi connectivity index (χ0) is 11.0. The summed E-state index contributed by atoms with van der Waals surface area (Å²) < 4.78 is 2.04. The Bertz CT molecular complexity index is 249. The summed E-state index contributed by atoms with van der Waals surface area (Å²) in [5, 5.41) is 0. The van der Waals surface area contributed by atoms with Crippen molar-refractivity contribution in [1.82, 2.24) is 4.44 Å². The predicted octanol–water partition coefficient (Wildman–Crippen LogP) is 3.45. The molecular weight excluding hydrogens is 208 g/mol. The van der Waals surface area contributed by atoms with Crippen LogP contribution in [0.4, 0.5) is 0 Å². The van der Waals surface area contributed by atoms with Crippen LogP contribution < -0.4 is 0 Å². The van der Waals surface area contributed by atoms with Crippen LogP contribution in [0.25, 0.3) is 0 Å². The number of aryl methyl sites for hydroxylation is 1. The van der Waals surface area contributed by atoms with Crippen LogP contribution in [0.15, 0.2) is 24.3 Å². The van der Waals surface area contributed by atoms with Gasteiger partial charge in [0, 0.05) is 6.54 Å². The molecule has 0 bridgehead atoms. The first-order valence-electron chi connectivity index (χ1n) is 5.01. The molecule has 2 unspecified atom stereocenters. The fraction of sp³-hybridized carbons (Fsp3) is 0.455. The Kier molecular flexibility index (Phi) is 8.38. The van der Waals surface area contributed by atoms with Crippen molar-refractivity contribution >= 4 is 18.8 Å². The molecular formula is C11H21NP2. The minimum Gasteiger partial charge on any atom is -0.272 e. The third-order valence-corrected chi connectivity index (χ3v) is 2.26. The van der Waals surface area contributed by atoms with Gasteiger partial charge in [0.2, 0.25) is 0 Å². The monoisotopic (exact) mass is 229 g/mol. The maximum atomic E-state index is 2.64. The van der Waals surface area contributed by atoms with E-state index in [1.54, 1.807) is 0 Å². The van der Waals surface area contributed by atoms with Gasteiger partial charge in [-0.2, -0.15) is 0 Å². The fourth-order valence-corrected chi connectivity index (χ4v) is 1.38. The minimum absolute atomic E-state index is 1.05. The van der Waals surface area contributed by atoms with Gasteiger partial charge in [0.25, 0.3) is 0 Å². The minimum atomic E-state index is 1.05. The van der Waals surface area contributed by atoms with Crippen molar-refractivity contribution in [1.29, 1.82) is 0 Å². The molecule has 0 aliphatic carbocycles. The molecule has 1 nitrogen and oxygen atoms in total. The van der Waals surface area contributed by atoms with Crippen LogP contribution in [0.2, 0.25) is 0 Å². The van der Waals surface area contributed by atoms with Crippen molar-refractivity contribution in [2.45, 2.75) is 27.2 Å². The Morgan fingerprint density at radius 1 is 1.21 bits per heavy atom. The Morgan fingerprint density at radius 3 is 2.36 bits per heavy atom. The SMILES string of the molecule is CC.Cc1cccc(CCN(P)P)c1. The molecule has 0 aromatic heterocycles. The van der Waals surface area contributed by atoms with Crippen LogP contribution in [0.3, 0.4) is 0 Å². The second-order valence-corrected chi connectivity index (χ2v) is 4.90. The van der Waals surface area contributed by atoms with Gasteiger partial charge in [-0.1, -0.05) is 62.5 Å². The van der Waals surface area contributed by atoms with Crippen molar-refractivity contribution in [2.75, 3.05) is 6.54 Å². The third kappa shape index (κ3) is 6.49. The molecule has 3 heteroatoms. The molecule has 0 saturated carbocycles. The molecule has 0 heterocycles. The van der Waals surface area contributed by atoms with E-state index in [9.17, 15) is 0 Å². The first kappa shape index (κ1) is 14.0. The number of rotatable bonds is 3. The van der Waals surface area contributed by atoms with Crippen molar-refractivity contribution in [3.63, 3.8) is 0 Å². The van der Waals surface area contributed by atoms with Gasteiger partial charge in [-0.3, -0.25) is 4.44 Å². The van der Waals surface area contributed by atoms with Crippen LogP contribution in [0.1, 0.15) is 25.0 Å². The molecule has 0 aliphatic heterocycles. The zero-order valence-electron chi connectivity index (χ0n) is 9.33. The summed E-state index contributed by atoms with van der Waals surface area (Å²) >= 11 is 0. The van der Waals surface area contributed by atoms with Crippen LogP contribution in [-0.4, -0.2) is 11.0 Å². The molecule has 0 spiro atoms. The second kappa shape index (κ2) is 8.36. The summed E-state index contributed by atoms with van der Waals surface area (Å²) in [5.41, 5.74) is 2.75. The van der Waals surface area contributed by atoms with Gasteiger partial charge in [0.15, 0.2) is 0 Å². The predicted molar refractivity (Wildman–Crippen MR) is 72.4 cm³/mol. The molecule has 0 N–H and O–H groups in total. The summed E-state index contributed by atoms with van der Waals surface area (Å²) in [6.07, 6.45) is 1.11. The number of nitrogens with zero attached hydrogens (tertiary/aromatic N) is 1. The smallest absolute Gasteiger partial charge is 0.00913 e. The summed E-state index contributed by atoms with van der Waals surface area (Å²) in [6.45, 7) is 7.18. The first-order valence-corrected chi connectivity index (χ1v) is 6.04. The van der Waals surface area contributed by atoms with E-state index in [-0.39, 0.29) is 0 Å². The largest absolute Gasteiger partial charge is 0.272 e. The molecule has 0 amide bonds. The molecule has 0 saturated heterocycles. The van der Waals surface area contributed by atoms with Gasteiger partial charge in [-0.25, -0.2) is 0 Å². The van der Waals surface area contributed by atoms with E-state index < -0.39 is 0 Å². The van der Waals surface area contributed by atoms with Crippen LogP contribution >= 0.6 is 18.8 Å². The molecule has 0 radical (unpaired) electrons. The zero-order valence-corrected chi connectivity index (χ0v) is 11.6. The lowest BCUT2D eigenvalue weighted by Gasteiger charge is -2.08. The Labute approximate surface area is 92.8 Å². The number of benzene rings is 1. The molecule has 1 rings (SSSR count). The van der Waals surface area contributed by atoms with Crippen LogP contribution in [0.5, 0.6) is 0 Å². The van der Waals surface area contributed by atoms with Gasteiger partial charge in [-0.15, -0.1) is 0 Å². The second-order valence-electron chi connectivity index (χ2n) is 2.98. The summed E-state index contributed by atoms with van der Waals surface area (Å²) in [6, 6.07) is 8.65. The average molecular weight is 229 g/mol. The fourth-order valence-electron chi connectivity index (χ4n) is 1.13. The lowest BCUT2D eigenvalue weighted by molar-refractivity contribution is 0.726. The summed E-state index contributed by atoms with van der Waals surface area (Å²) in [4.78, 5) is 0. The van der Waals surface area contributed by atoms with Gasteiger partial charge in [0.05, 0.1) is 0 Å². The van der Waals surface area contributed by atoms with E-state index in [0.29, 0.717) is 0 Å². The molecule has 0 aliphatic rings. The number of hydrogen-bond donors (Lipinski definition) is 0. The van der Waals surface area contributed by atoms with Crippen molar-refractivity contribution in [3.8, 4) is 0 Å². The highest BCUT2D eigenvalue weighted by atomic mass is 31.1. The maximum Gasteiger partial charge on any atom is 0.00913 e. The van der Waals surface area contributed by atoms with Gasteiger partial charge < -0.3 is 0 Å². The highest BCUT2D eigenvalue weighted by molar-refractivity contribution is 7.30. The molecule has 1 aromatic rings. The van der Waals surface area contributed by atoms with Crippen LogP contribution in [-0.2, 0) is 6.42 Å². The van der Waals surface area contributed by atoms with Crippen molar-refractivity contribution in [3.05, 3.63) is 35.4 Å². The average Bonchev–Trinajstić information content (AvgIpc) is 2.18. The Balaban J connectivity index is 0.000000791. The quantitative estimate of drug-likeness (QED) is 0.717. The van der Waals surface area contributed by atoms with E-state index >= 15 is 0 Å². The lowest BCUT2D eigenvalue weighted by Crippen LogP contribution is -2.02. The standard InChI is InChI=1S/C9H15NP2.C2H6/c1-8-3-2-4-9(7-8)5-6-10(11)12;1-2/h2-4,7H,5-6,11-12H2,1H3;1-2H3. The molecule has 2 atom stereocenters. The molecule has 80 valence electrons. The van der Waals surface area contributed by atoms with Gasteiger partial charge in [-0.05, 0) is 18.9 Å². The van der Waals surface area contributed by atoms with Crippen molar-refractivity contribution in [2.24, 2.45) is 0 Å². The molecule has 14 heavy (non-hydrogen) atoms. The van der Waals surface area contributed by atoms with E-state index in [1.165, 1.54) is 11.1 Å². The Hall–Kier alpha value is 0.0400. The van der Waals surface area contributed by atoms with Crippen molar-refractivity contribution < 1.29 is 0 Å². The van der Waals surface area contributed by atoms with Gasteiger partial charge >= 0.3 is 0 Å².